The number of fused-ring (bicyclic) bond motifs is 1. The van der Waals surface area contributed by atoms with Gasteiger partial charge in [-0.2, -0.15) is 5.26 Å². The molecule has 3 aliphatic rings. The number of carbonyl (C=O) groups excluding carboxylic acids is 2. The SMILES string of the molecule is CCOC(=O)C1=C(CN2CC(F)(F)[C@@H]3C(=O)N(CC(C)(C)C#N)C[C@@H]32)NC(c2nccs2)=N[C@H]1c1cccc(F)c1C. The van der Waals surface area contributed by atoms with Crippen LogP contribution in [0, 0.1) is 35.4 Å². The van der Waals surface area contributed by atoms with E-state index in [4.69, 9.17) is 9.73 Å². The third kappa shape index (κ3) is 5.41. The largest absolute Gasteiger partial charge is 0.463 e. The average molecular weight is 601 g/mol. The summed E-state index contributed by atoms with van der Waals surface area (Å²) in [6.45, 7) is 5.79. The minimum Gasteiger partial charge on any atom is -0.463 e. The first kappa shape index (κ1) is 29.7. The summed E-state index contributed by atoms with van der Waals surface area (Å²) in [6.07, 6.45) is 1.59. The van der Waals surface area contributed by atoms with E-state index in [0.717, 1.165) is 0 Å². The fraction of sp³-hybridized carbons (Fsp3) is 0.483. The molecule has 1 N–H and O–H groups in total. The van der Waals surface area contributed by atoms with Gasteiger partial charge in [-0.15, -0.1) is 11.3 Å². The number of rotatable bonds is 8. The van der Waals surface area contributed by atoms with Crippen molar-refractivity contribution in [2.45, 2.75) is 45.7 Å². The summed E-state index contributed by atoms with van der Waals surface area (Å²) < 4.78 is 50.9. The van der Waals surface area contributed by atoms with Crippen LogP contribution in [0.2, 0.25) is 0 Å². The van der Waals surface area contributed by atoms with E-state index in [1.807, 2.05) is 0 Å². The lowest BCUT2D eigenvalue weighted by Gasteiger charge is -2.32. The predicted molar refractivity (Wildman–Crippen MR) is 149 cm³/mol. The van der Waals surface area contributed by atoms with E-state index in [0.29, 0.717) is 16.4 Å². The number of esters is 1. The molecule has 42 heavy (non-hydrogen) atoms. The molecule has 0 unspecified atom stereocenters. The molecule has 3 aliphatic heterocycles. The average Bonchev–Trinajstić information content (AvgIpc) is 3.63. The van der Waals surface area contributed by atoms with Gasteiger partial charge in [0.2, 0.25) is 5.91 Å². The van der Waals surface area contributed by atoms with Gasteiger partial charge in [0.1, 0.15) is 17.8 Å². The molecule has 0 aliphatic carbocycles. The first-order valence-electron chi connectivity index (χ1n) is 13.6. The molecule has 222 valence electrons. The fourth-order valence-corrected chi connectivity index (χ4v) is 6.44. The van der Waals surface area contributed by atoms with Gasteiger partial charge in [-0.1, -0.05) is 12.1 Å². The summed E-state index contributed by atoms with van der Waals surface area (Å²) in [7, 11) is 0. The number of hydrogen-bond donors (Lipinski definition) is 1. The first-order chi connectivity index (χ1) is 19.9. The second-order valence-electron chi connectivity index (χ2n) is 11.3. The number of aliphatic imine (C=N–C) groups is 1. The van der Waals surface area contributed by atoms with Gasteiger partial charge in [0.05, 0.1) is 30.2 Å². The van der Waals surface area contributed by atoms with Crippen molar-refractivity contribution < 1.29 is 27.5 Å². The van der Waals surface area contributed by atoms with Crippen molar-refractivity contribution in [1.29, 1.82) is 5.26 Å². The monoisotopic (exact) mass is 600 g/mol. The Hall–Kier alpha value is -3.76. The topological polar surface area (TPSA) is 111 Å². The molecule has 0 bridgehead atoms. The van der Waals surface area contributed by atoms with Gasteiger partial charge in [0.25, 0.3) is 5.92 Å². The maximum Gasteiger partial charge on any atom is 0.338 e. The van der Waals surface area contributed by atoms with Crippen molar-refractivity contribution in [3.63, 3.8) is 0 Å². The molecular weight excluding hydrogens is 569 g/mol. The second kappa shape index (κ2) is 11.1. The molecule has 2 fully saturated rings. The Morgan fingerprint density at radius 3 is 2.79 bits per heavy atom. The standard InChI is InChI=1S/C29H31F3N6O3S/c1-5-41-27(40)21-19(11-37-15-29(31,32)22-20(37)12-38(26(22)39)14-28(3,4)13-33)35-24(25-34-9-10-42-25)36-23(21)17-7-6-8-18(30)16(17)2/h6-10,20,22-23H,5,11-12,14-15H2,1-4H3,(H,35,36)/t20-,22-,23-/m0/s1. The molecule has 1 aromatic heterocycles. The predicted octanol–water partition coefficient (Wildman–Crippen LogP) is 3.83. The van der Waals surface area contributed by atoms with Gasteiger partial charge >= 0.3 is 5.97 Å². The summed E-state index contributed by atoms with van der Waals surface area (Å²) in [5.74, 6) is -6.46. The van der Waals surface area contributed by atoms with Gasteiger partial charge in [0, 0.05) is 43.0 Å². The van der Waals surface area contributed by atoms with Crippen molar-refractivity contribution in [3.05, 3.63) is 63.0 Å². The fourth-order valence-electron chi connectivity index (χ4n) is 5.85. The van der Waals surface area contributed by atoms with E-state index < -0.39 is 53.6 Å². The minimum atomic E-state index is -3.32. The number of aromatic nitrogens is 1. The van der Waals surface area contributed by atoms with Crippen LogP contribution in [0.5, 0.6) is 0 Å². The maximum atomic E-state index is 15.4. The van der Waals surface area contributed by atoms with Crippen molar-refractivity contribution in [2.75, 3.05) is 32.8 Å². The number of nitrogens with one attached hydrogen (secondary N) is 1. The summed E-state index contributed by atoms with van der Waals surface area (Å²) in [5.41, 5.74) is 0.148. The van der Waals surface area contributed by atoms with Gasteiger partial charge in [-0.3, -0.25) is 14.7 Å². The third-order valence-electron chi connectivity index (χ3n) is 7.82. The van der Waals surface area contributed by atoms with Gasteiger partial charge in [-0.25, -0.2) is 22.9 Å². The molecule has 2 aromatic rings. The van der Waals surface area contributed by atoms with Crippen LogP contribution in [0.25, 0.3) is 0 Å². The maximum absolute atomic E-state index is 15.4. The summed E-state index contributed by atoms with van der Waals surface area (Å²) in [4.78, 5) is 38.5. The van der Waals surface area contributed by atoms with Crippen LogP contribution in [-0.2, 0) is 14.3 Å². The van der Waals surface area contributed by atoms with E-state index >= 15 is 8.78 Å². The number of thiazole rings is 1. The van der Waals surface area contributed by atoms with Crippen molar-refractivity contribution in [2.24, 2.45) is 16.3 Å². The van der Waals surface area contributed by atoms with Crippen LogP contribution in [0.15, 0.2) is 46.0 Å². The number of amidine groups is 1. The second-order valence-corrected chi connectivity index (χ2v) is 12.2. The molecule has 9 nitrogen and oxygen atoms in total. The first-order valence-corrected chi connectivity index (χ1v) is 14.5. The zero-order chi connectivity index (χ0) is 30.4. The number of likely N-dealkylation sites (tertiary alicyclic amines) is 2. The summed E-state index contributed by atoms with van der Waals surface area (Å²) in [5, 5.41) is 14.8. The molecule has 1 amide bonds. The Labute approximate surface area is 245 Å². The molecule has 13 heteroatoms. The lowest BCUT2D eigenvalue weighted by Crippen LogP contribution is -2.44. The molecule has 4 heterocycles. The van der Waals surface area contributed by atoms with Crippen molar-refractivity contribution in [3.8, 4) is 6.07 Å². The number of hydrogen-bond acceptors (Lipinski definition) is 9. The minimum absolute atomic E-state index is 0.0199. The molecule has 2 saturated heterocycles. The highest BCUT2D eigenvalue weighted by Crippen LogP contribution is 2.44. The summed E-state index contributed by atoms with van der Waals surface area (Å²) in [6, 6.07) is 4.77. The highest BCUT2D eigenvalue weighted by atomic mass is 32.1. The number of benzene rings is 1. The number of nitrogens with zero attached hydrogens (tertiary/aromatic N) is 5. The third-order valence-corrected chi connectivity index (χ3v) is 8.60. The highest BCUT2D eigenvalue weighted by Gasteiger charge is 2.63. The van der Waals surface area contributed by atoms with Gasteiger partial charge in [-0.05, 0) is 44.9 Å². The quantitative estimate of drug-likeness (QED) is 0.459. The van der Waals surface area contributed by atoms with Gasteiger partial charge in [0.15, 0.2) is 10.8 Å². The number of nitriles is 1. The van der Waals surface area contributed by atoms with E-state index in [-0.39, 0.29) is 43.1 Å². The van der Waals surface area contributed by atoms with Crippen LogP contribution < -0.4 is 5.32 Å². The van der Waals surface area contributed by atoms with Crippen LogP contribution >= 0.6 is 11.3 Å². The van der Waals surface area contributed by atoms with E-state index in [2.05, 4.69) is 16.4 Å². The molecule has 5 rings (SSSR count). The van der Waals surface area contributed by atoms with E-state index in [1.165, 1.54) is 33.3 Å². The lowest BCUT2D eigenvalue weighted by atomic mass is 9.92. The van der Waals surface area contributed by atoms with Gasteiger partial charge < -0.3 is 15.0 Å². The number of alkyl halides is 2. The highest BCUT2D eigenvalue weighted by molar-refractivity contribution is 7.11. The Bertz CT molecular complexity index is 1500. The Balaban J connectivity index is 1.57. The zero-order valence-electron chi connectivity index (χ0n) is 23.7. The number of carbonyl (C=O) groups is 2. The normalized spacial score (nSPS) is 23.9. The lowest BCUT2D eigenvalue weighted by molar-refractivity contribution is -0.141. The molecule has 0 saturated carbocycles. The van der Waals surface area contributed by atoms with Crippen LogP contribution in [-0.4, -0.2) is 77.2 Å². The van der Waals surface area contributed by atoms with Crippen molar-refractivity contribution in [1.82, 2.24) is 20.1 Å². The van der Waals surface area contributed by atoms with Crippen molar-refractivity contribution >= 4 is 29.0 Å². The number of halogens is 3. The molecule has 3 atom stereocenters. The smallest absolute Gasteiger partial charge is 0.338 e. The molecule has 0 spiro atoms. The molecular formula is C29H31F3N6O3S. The van der Waals surface area contributed by atoms with E-state index in [1.54, 1.807) is 45.3 Å². The zero-order valence-corrected chi connectivity index (χ0v) is 24.5. The van der Waals surface area contributed by atoms with E-state index in [9.17, 15) is 19.2 Å². The Kier molecular flexibility index (Phi) is 7.89. The Morgan fingerprint density at radius 2 is 2.12 bits per heavy atom. The number of ether oxygens (including phenoxy) is 1. The van der Waals surface area contributed by atoms with Crippen LogP contribution in [0.1, 0.15) is 42.9 Å². The van der Waals surface area contributed by atoms with Crippen LogP contribution in [0.3, 0.4) is 0 Å². The molecule has 0 radical (unpaired) electrons. The number of amides is 1. The van der Waals surface area contributed by atoms with Crippen LogP contribution in [0.4, 0.5) is 13.2 Å². The molecule has 1 aromatic carbocycles. The summed E-state index contributed by atoms with van der Waals surface area (Å²) >= 11 is 1.29. The Morgan fingerprint density at radius 1 is 1.36 bits per heavy atom.